The van der Waals surface area contributed by atoms with Gasteiger partial charge in [0.2, 0.25) is 6.29 Å². The normalized spacial score (nSPS) is 12.0. The predicted octanol–water partition coefficient (Wildman–Crippen LogP) is 3.40. The van der Waals surface area contributed by atoms with Crippen LogP contribution in [-0.2, 0) is 4.79 Å². The summed E-state index contributed by atoms with van der Waals surface area (Å²) in [5.41, 5.74) is 5.21. The van der Waals surface area contributed by atoms with E-state index in [0.717, 1.165) is 32.2 Å². The lowest BCUT2D eigenvalue weighted by atomic mass is 10.0. The maximum atomic E-state index is 10.1. The first-order valence-electron chi connectivity index (χ1n) is 9.27. The van der Waals surface area contributed by atoms with Gasteiger partial charge in [0.05, 0.1) is 6.10 Å². The first kappa shape index (κ1) is 21.9. The second-order valence-corrected chi connectivity index (χ2v) is 6.37. The van der Waals surface area contributed by atoms with E-state index in [0.29, 0.717) is 0 Å². The molecule has 0 aromatic heterocycles. The second-order valence-electron chi connectivity index (χ2n) is 6.37. The van der Waals surface area contributed by atoms with Gasteiger partial charge >= 0.3 is 0 Å². The summed E-state index contributed by atoms with van der Waals surface area (Å²) in [6, 6.07) is 0. The molecule has 1 radical (unpaired) electrons. The number of carbonyl (C=O) groups excluding carboxylic acids is 1. The third-order valence-electron chi connectivity index (χ3n) is 4.10. The van der Waals surface area contributed by atoms with Crippen molar-refractivity contribution in [1.29, 1.82) is 5.41 Å². The summed E-state index contributed by atoms with van der Waals surface area (Å²) < 4.78 is 0. The first-order valence-corrected chi connectivity index (χ1v) is 9.27. The van der Waals surface area contributed by atoms with Gasteiger partial charge in [-0.25, -0.2) is 0 Å². The van der Waals surface area contributed by atoms with Crippen molar-refractivity contribution in [2.45, 2.75) is 96.0 Å². The number of unbranched alkanes of at least 4 members (excludes halogenated alkanes) is 11. The van der Waals surface area contributed by atoms with Gasteiger partial charge in [-0.1, -0.05) is 70.6 Å². The maximum Gasteiger partial charge on any atom is 0.201 e. The Morgan fingerprint density at radius 2 is 1.35 bits per heavy atom. The predicted molar refractivity (Wildman–Crippen MR) is 96.3 cm³/mol. The van der Waals surface area contributed by atoms with Gasteiger partial charge in [0.25, 0.3) is 0 Å². The topological polar surface area (TPSA) is 99.2 Å². The van der Waals surface area contributed by atoms with Gasteiger partial charge < -0.3 is 16.2 Å². The molecule has 0 aliphatic rings. The first-order chi connectivity index (χ1) is 11.2. The number of aliphatic hydroxyl groups excluding tert-OH is 1. The fraction of sp³-hybridized carbons (Fsp3) is 0.889. The van der Waals surface area contributed by atoms with E-state index in [1.807, 2.05) is 0 Å². The lowest BCUT2D eigenvalue weighted by molar-refractivity contribution is 0.167. The molecule has 5 nitrogen and oxygen atoms in total. The quantitative estimate of drug-likeness (QED) is 0.187. The van der Waals surface area contributed by atoms with Crippen molar-refractivity contribution in [1.82, 2.24) is 5.32 Å². The van der Waals surface area contributed by atoms with E-state index in [1.54, 1.807) is 6.29 Å². The summed E-state index contributed by atoms with van der Waals surface area (Å²) in [6.45, 7) is 0.819. The minimum Gasteiger partial charge on any atom is -0.393 e. The Hall–Kier alpha value is -1.10. The Labute approximate surface area is 141 Å². The highest BCUT2D eigenvalue weighted by molar-refractivity contribution is 5.74. The smallest absolute Gasteiger partial charge is 0.201 e. The molecule has 0 bridgehead atoms. The van der Waals surface area contributed by atoms with Crippen LogP contribution >= 0.6 is 0 Å². The zero-order valence-corrected chi connectivity index (χ0v) is 14.6. The van der Waals surface area contributed by atoms with Crippen LogP contribution in [0.15, 0.2) is 0 Å². The Morgan fingerprint density at radius 1 is 0.913 bits per heavy atom. The molecule has 135 valence electrons. The van der Waals surface area contributed by atoms with Gasteiger partial charge in [0.1, 0.15) is 0 Å². The molecule has 0 aliphatic carbocycles. The highest BCUT2D eigenvalue weighted by Gasteiger charge is 2.02. The summed E-state index contributed by atoms with van der Waals surface area (Å²) >= 11 is 0. The van der Waals surface area contributed by atoms with Crippen LogP contribution in [0.25, 0.3) is 0 Å². The monoisotopic (exact) mass is 326 g/mol. The van der Waals surface area contributed by atoms with E-state index >= 15 is 0 Å². The fourth-order valence-corrected chi connectivity index (χ4v) is 2.69. The van der Waals surface area contributed by atoms with Gasteiger partial charge in [-0.2, -0.15) is 0 Å². The zero-order chi connectivity index (χ0) is 17.2. The van der Waals surface area contributed by atoms with E-state index in [-0.39, 0.29) is 12.4 Å². The maximum absolute atomic E-state index is 10.1. The van der Waals surface area contributed by atoms with Gasteiger partial charge in [-0.3, -0.25) is 10.2 Å². The van der Waals surface area contributed by atoms with Crippen molar-refractivity contribution in [2.24, 2.45) is 5.73 Å². The van der Waals surface area contributed by atoms with Crippen molar-refractivity contribution in [3.05, 3.63) is 0 Å². The van der Waals surface area contributed by atoms with Crippen molar-refractivity contribution >= 4 is 12.2 Å². The summed E-state index contributed by atoms with van der Waals surface area (Å²) in [4.78, 5) is 10.1. The van der Waals surface area contributed by atoms with Crippen LogP contribution < -0.4 is 11.1 Å². The number of aliphatic hydroxyl groups is 1. The molecule has 0 aromatic carbocycles. The summed E-state index contributed by atoms with van der Waals surface area (Å²) in [6.07, 6.45) is 17.1. The molecule has 0 saturated heterocycles. The third-order valence-corrected chi connectivity index (χ3v) is 4.10. The van der Waals surface area contributed by atoms with E-state index in [9.17, 15) is 9.90 Å². The molecule has 5 N–H and O–H groups in total. The minimum absolute atomic E-state index is 0.0700. The Kier molecular flexibility index (Phi) is 16.4. The molecule has 0 heterocycles. The van der Waals surface area contributed by atoms with Gasteiger partial charge in [0, 0.05) is 13.0 Å². The molecule has 0 spiro atoms. The summed E-state index contributed by atoms with van der Waals surface area (Å²) in [5, 5.41) is 19.2. The SMILES string of the molecule is N=C(N)NCCCCCCCCCCCCCCC(O)C[C]=O. The van der Waals surface area contributed by atoms with E-state index < -0.39 is 6.10 Å². The van der Waals surface area contributed by atoms with Crippen LogP contribution in [0.2, 0.25) is 0 Å². The van der Waals surface area contributed by atoms with Crippen LogP contribution in [0.1, 0.15) is 89.9 Å². The molecule has 1 atom stereocenters. The molecule has 0 amide bonds. The van der Waals surface area contributed by atoms with Crippen LogP contribution in [0.4, 0.5) is 0 Å². The molecule has 0 aromatic rings. The molecule has 0 saturated carbocycles. The molecule has 5 heteroatoms. The molecular weight excluding hydrogens is 290 g/mol. The van der Waals surface area contributed by atoms with Gasteiger partial charge in [0.15, 0.2) is 5.96 Å². The molecule has 1 unspecified atom stereocenters. The van der Waals surface area contributed by atoms with Crippen molar-refractivity contribution in [3.8, 4) is 0 Å². The Balaban J connectivity index is 3.05. The minimum atomic E-state index is -0.481. The van der Waals surface area contributed by atoms with E-state index in [2.05, 4.69) is 5.32 Å². The molecule has 23 heavy (non-hydrogen) atoms. The zero-order valence-electron chi connectivity index (χ0n) is 14.6. The van der Waals surface area contributed by atoms with Gasteiger partial charge in [-0.15, -0.1) is 0 Å². The average Bonchev–Trinajstić information content (AvgIpc) is 2.51. The number of nitrogens with one attached hydrogen (secondary N) is 2. The van der Waals surface area contributed by atoms with E-state index in [4.69, 9.17) is 11.1 Å². The lowest BCUT2D eigenvalue weighted by Crippen LogP contribution is -2.30. The van der Waals surface area contributed by atoms with Crippen molar-refractivity contribution < 1.29 is 9.90 Å². The average molecular weight is 327 g/mol. The van der Waals surface area contributed by atoms with Crippen molar-refractivity contribution in [3.63, 3.8) is 0 Å². The molecule has 0 rings (SSSR count). The Morgan fingerprint density at radius 3 is 1.78 bits per heavy atom. The number of nitrogens with two attached hydrogens (primary N) is 1. The van der Waals surface area contributed by atoms with Crippen LogP contribution in [0, 0.1) is 5.41 Å². The Bertz CT molecular complexity index is 285. The number of hydrogen-bond acceptors (Lipinski definition) is 3. The van der Waals surface area contributed by atoms with Crippen LogP contribution in [0.3, 0.4) is 0 Å². The number of guanidine groups is 1. The highest BCUT2D eigenvalue weighted by Crippen LogP contribution is 2.13. The number of hydrogen-bond donors (Lipinski definition) is 4. The van der Waals surface area contributed by atoms with Gasteiger partial charge in [-0.05, 0) is 12.8 Å². The lowest BCUT2D eigenvalue weighted by Gasteiger charge is -2.06. The standard InChI is InChI=1S/C18H36N3O2/c19-18(20)21-15-12-10-8-6-4-2-1-3-5-7-9-11-13-17(23)14-16-22/h17,23H,1-15H2,(H4,19,20,21). The molecular formula is C18H36N3O2. The molecule has 0 aliphatic heterocycles. The second kappa shape index (κ2) is 17.3. The fourth-order valence-electron chi connectivity index (χ4n) is 2.69. The molecule has 0 fully saturated rings. The summed E-state index contributed by atoms with van der Waals surface area (Å²) in [5.74, 6) is 0.0700. The third kappa shape index (κ3) is 18.9. The van der Waals surface area contributed by atoms with Crippen LogP contribution in [-0.4, -0.2) is 30.0 Å². The number of rotatable bonds is 17. The van der Waals surface area contributed by atoms with Crippen molar-refractivity contribution in [2.75, 3.05) is 6.54 Å². The largest absolute Gasteiger partial charge is 0.393 e. The highest BCUT2D eigenvalue weighted by atomic mass is 16.3. The van der Waals surface area contributed by atoms with Crippen LogP contribution in [0.5, 0.6) is 0 Å². The summed E-state index contributed by atoms with van der Waals surface area (Å²) in [7, 11) is 0. The van der Waals surface area contributed by atoms with E-state index in [1.165, 1.54) is 57.8 Å².